The number of rotatable bonds is 5. The minimum absolute atomic E-state index is 0.0560. The number of nitrogens with zero attached hydrogens (tertiary/aromatic N) is 2. The molecular formula is C22H25N3O2. The van der Waals surface area contributed by atoms with E-state index in [1.54, 1.807) is 19.2 Å². The van der Waals surface area contributed by atoms with Gasteiger partial charge in [0.05, 0.1) is 24.8 Å². The Morgan fingerprint density at radius 2 is 2.07 bits per heavy atom. The minimum Gasteiger partial charge on any atom is -0.493 e. The summed E-state index contributed by atoms with van der Waals surface area (Å²) >= 11 is 0. The van der Waals surface area contributed by atoms with Crippen LogP contribution in [0.4, 0.5) is 0 Å². The molecular weight excluding hydrogens is 338 g/mol. The van der Waals surface area contributed by atoms with E-state index in [0.29, 0.717) is 29.0 Å². The van der Waals surface area contributed by atoms with Crippen LogP contribution in [0.3, 0.4) is 0 Å². The van der Waals surface area contributed by atoms with Crippen LogP contribution >= 0.6 is 0 Å². The molecule has 1 aliphatic heterocycles. The van der Waals surface area contributed by atoms with Gasteiger partial charge in [0, 0.05) is 12.6 Å². The van der Waals surface area contributed by atoms with Crippen molar-refractivity contribution >= 4 is 0 Å². The van der Waals surface area contributed by atoms with Crippen molar-refractivity contribution in [3.05, 3.63) is 59.2 Å². The Morgan fingerprint density at radius 3 is 2.81 bits per heavy atom. The third-order valence-electron chi connectivity index (χ3n) is 5.81. The van der Waals surface area contributed by atoms with Crippen LogP contribution in [0.1, 0.15) is 29.2 Å². The van der Waals surface area contributed by atoms with E-state index in [9.17, 15) is 0 Å². The summed E-state index contributed by atoms with van der Waals surface area (Å²) in [7, 11) is 1.61. The molecule has 1 heterocycles. The summed E-state index contributed by atoms with van der Waals surface area (Å²) in [6.07, 6.45) is 2.08. The Kier molecular flexibility index (Phi) is 5.02. The lowest BCUT2D eigenvalue weighted by molar-refractivity contribution is 0.0892. The van der Waals surface area contributed by atoms with Gasteiger partial charge < -0.3 is 15.2 Å². The summed E-state index contributed by atoms with van der Waals surface area (Å²) in [4.78, 5) is 2.53. The summed E-state index contributed by atoms with van der Waals surface area (Å²) in [5, 5.41) is 9.13. The van der Waals surface area contributed by atoms with Gasteiger partial charge in [-0.3, -0.25) is 4.90 Å². The minimum atomic E-state index is -0.0560. The number of benzene rings is 2. The Hall–Kier alpha value is -2.55. The van der Waals surface area contributed by atoms with Gasteiger partial charge in [-0.2, -0.15) is 5.26 Å². The average Bonchev–Trinajstić information content (AvgIpc) is 3.33. The molecule has 0 amide bonds. The van der Waals surface area contributed by atoms with Crippen molar-refractivity contribution in [3.63, 3.8) is 0 Å². The molecule has 0 saturated carbocycles. The van der Waals surface area contributed by atoms with Crippen molar-refractivity contribution in [1.82, 2.24) is 4.90 Å². The largest absolute Gasteiger partial charge is 0.493 e. The second-order valence-corrected chi connectivity index (χ2v) is 7.37. The second kappa shape index (κ2) is 7.59. The molecule has 1 fully saturated rings. The van der Waals surface area contributed by atoms with Crippen molar-refractivity contribution in [2.75, 3.05) is 26.7 Å². The van der Waals surface area contributed by atoms with Crippen LogP contribution < -0.4 is 15.2 Å². The summed E-state index contributed by atoms with van der Waals surface area (Å²) in [6.45, 7) is 2.83. The number of ether oxygens (including phenoxy) is 2. The second-order valence-electron chi connectivity index (χ2n) is 7.37. The molecule has 2 N–H and O–H groups in total. The van der Waals surface area contributed by atoms with Crippen LogP contribution in [0.2, 0.25) is 0 Å². The molecule has 27 heavy (non-hydrogen) atoms. The standard InChI is InChI=1S/C22H25N3O2/c1-26-21-10-15(12-23)6-7-20(21)27-22-18-5-3-2-4-17(18)11-19(22)25-9-8-16(13-24)14-25/h2-7,10,16,19,22H,8-9,11,13-14,24H2,1H3/t16-,19-,22-/m1/s1. The van der Waals surface area contributed by atoms with Crippen molar-refractivity contribution in [2.45, 2.75) is 25.0 Å². The van der Waals surface area contributed by atoms with Crippen LogP contribution in [-0.2, 0) is 6.42 Å². The fourth-order valence-corrected chi connectivity index (χ4v) is 4.33. The molecule has 0 aromatic heterocycles. The van der Waals surface area contributed by atoms with Gasteiger partial charge in [-0.05, 0) is 55.1 Å². The predicted molar refractivity (Wildman–Crippen MR) is 104 cm³/mol. The first kappa shape index (κ1) is 17.8. The average molecular weight is 363 g/mol. The lowest BCUT2D eigenvalue weighted by Crippen LogP contribution is -2.39. The molecule has 2 aliphatic rings. The highest BCUT2D eigenvalue weighted by Crippen LogP contribution is 2.41. The Bertz CT molecular complexity index is 861. The molecule has 1 saturated heterocycles. The van der Waals surface area contributed by atoms with Gasteiger partial charge in [0.2, 0.25) is 0 Å². The molecule has 4 rings (SSSR count). The van der Waals surface area contributed by atoms with E-state index < -0.39 is 0 Å². The van der Waals surface area contributed by atoms with E-state index in [4.69, 9.17) is 20.5 Å². The van der Waals surface area contributed by atoms with E-state index in [1.807, 2.05) is 6.07 Å². The van der Waals surface area contributed by atoms with Crippen LogP contribution in [0.25, 0.3) is 0 Å². The molecule has 1 aliphatic carbocycles. The maximum atomic E-state index is 9.13. The summed E-state index contributed by atoms with van der Waals surface area (Å²) < 4.78 is 12.0. The number of nitrogens with two attached hydrogens (primary N) is 1. The zero-order valence-electron chi connectivity index (χ0n) is 15.6. The molecule has 2 aromatic carbocycles. The van der Waals surface area contributed by atoms with Gasteiger partial charge in [-0.1, -0.05) is 24.3 Å². The van der Waals surface area contributed by atoms with Gasteiger partial charge in [-0.15, -0.1) is 0 Å². The van der Waals surface area contributed by atoms with E-state index in [2.05, 4.69) is 35.2 Å². The van der Waals surface area contributed by atoms with E-state index >= 15 is 0 Å². The SMILES string of the molecule is COc1cc(C#N)ccc1O[C@@H]1c2ccccc2C[C@H]1N1CC[C@H](CN)C1. The first-order chi connectivity index (χ1) is 13.2. The van der Waals surface area contributed by atoms with Crippen molar-refractivity contribution < 1.29 is 9.47 Å². The zero-order chi connectivity index (χ0) is 18.8. The van der Waals surface area contributed by atoms with Crippen LogP contribution in [0.15, 0.2) is 42.5 Å². The third-order valence-corrected chi connectivity index (χ3v) is 5.81. The molecule has 0 bridgehead atoms. The number of hydrogen-bond donors (Lipinski definition) is 1. The first-order valence-electron chi connectivity index (χ1n) is 9.50. The maximum Gasteiger partial charge on any atom is 0.162 e. The molecule has 0 radical (unpaired) electrons. The van der Waals surface area contributed by atoms with Gasteiger partial charge in [-0.25, -0.2) is 0 Å². The molecule has 2 aromatic rings. The zero-order valence-corrected chi connectivity index (χ0v) is 15.6. The summed E-state index contributed by atoms with van der Waals surface area (Å²) in [5.74, 6) is 1.84. The smallest absolute Gasteiger partial charge is 0.162 e. The Morgan fingerprint density at radius 1 is 1.22 bits per heavy atom. The lowest BCUT2D eigenvalue weighted by atomic mass is 10.1. The fraction of sp³-hybridized carbons (Fsp3) is 0.409. The number of methoxy groups -OCH3 is 1. The van der Waals surface area contributed by atoms with Crippen LogP contribution in [0.5, 0.6) is 11.5 Å². The summed E-state index contributed by atoms with van der Waals surface area (Å²) in [5.41, 5.74) is 9.05. The van der Waals surface area contributed by atoms with Gasteiger partial charge in [0.25, 0.3) is 0 Å². The highest BCUT2D eigenvalue weighted by Gasteiger charge is 2.40. The number of hydrogen-bond acceptors (Lipinski definition) is 5. The van der Waals surface area contributed by atoms with Crippen molar-refractivity contribution in [3.8, 4) is 17.6 Å². The lowest BCUT2D eigenvalue weighted by Gasteiger charge is -2.30. The topological polar surface area (TPSA) is 71.5 Å². The third kappa shape index (κ3) is 3.39. The highest BCUT2D eigenvalue weighted by atomic mass is 16.5. The van der Waals surface area contributed by atoms with Gasteiger partial charge >= 0.3 is 0 Å². The summed E-state index contributed by atoms with van der Waals surface area (Å²) in [6, 6.07) is 16.3. The molecule has 5 heteroatoms. The van der Waals surface area contributed by atoms with E-state index in [-0.39, 0.29) is 6.10 Å². The van der Waals surface area contributed by atoms with E-state index in [0.717, 1.165) is 32.5 Å². The van der Waals surface area contributed by atoms with Crippen molar-refractivity contribution in [2.24, 2.45) is 11.7 Å². The predicted octanol–water partition coefficient (Wildman–Crippen LogP) is 2.89. The normalized spacial score (nSPS) is 24.4. The van der Waals surface area contributed by atoms with Crippen molar-refractivity contribution in [1.29, 1.82) is 5.26 Å². The molecule has 0 unspecified atom stereocenters. The molecule has 140 valence electrons. The van der Waals surface area contributed by atoms with Gasteiger partial charge in [0.1, 0.15) is 6.10 Å². The highest BCUT2D eigenvalue weighted by molar-refractivity contribution is 5.48. The van der Waals surface area contributed by atoms with Gasteiger partial charge in [0.15, 0.2) is 11.5 Å². The fourth-order valence-electron chi connectivity index (χ4n) is 4.33. The van der Waals surface area contributed by atoms with E-state index in [1.165, 1.54) is 11.1 Å². The number of fused-ring (bicyclic) bond motifs is 1. The monoisotopic (exact) mass is 363 g/mol. The Balaban J connectivity index is 1.64. The first-order valence-corrected chi connectivity index (χ1v) is 9.50. The van der Waals surface area contributed by atoms with Crippen LogP contribution in [0, 0.1) is 17.2 Å². The quantitative estimate of drug-likeness (QED) is 0.884. The molecule has 5 nitrogen and oxygen atoms in total. The number of nitriles is 1. The number of likely N-dealkylation sites (tertiary alicyclic amines) is 1. The van der Waals surface area contributed by atoms with Crippen LogP contribution in [-0.4, -0.2) is 37.7 Å². The maximum absolute atomic E-state index is 9.13. The Labute approximate surface area is 160 Å². The molecule has 3 atom stereocenters. The molecule has 0 spiro atoms.